The van der Waals surface area contributed by atoms with Crippen molar-refractivity contribution < 1.29 is 4.79 Å². The largest absolute Gasteiger partial charge is 0.307 e. The van der Waals surface area contributed by atoms with Crippen molar-refractivity contribution in [2.75, 3.05) is 0 Å². The number of hydrogen-bond acceptors (Lipinski definition) is 4. The van der Waals surface area contributed by atoms with Gasteiger partial charge in [0.1, 0.15) is 4.32 Å². The summed E-state index contributed by atoms with van der Waals surface area (Å²) in [5.74, 6) is -0.133. The molecule has 1 amide bonds. The maximum Gasteiger partial charge on any atom is 0.263 e. The third kappa shape index (κ3) is 2.19. The number of carbonyl (C=O) groups is 1. The fraction of sp³-hybridized carbons (Fsp3) is 0. The number of nitrogens with one attached hydrogen (secondary N) is 1. The van der Waals surface area contributed by atoms with Crippen LogP contribution in [0.15, 0.2) is 28.5 Å². The molecule has 2 nitrogen and oxygen atoms in total. The van der Waals surface area contributed by atoms with Crippen LogP contribution in [0.4, 0.5) is 0 Å². The van der Waals surface area contributed by atoms with E-state index in [1.54, 1.807) is 11.3 Å². The van der Waals surface area contributed by atoms with E-state index in [0.717, 1.165) is 15.6 Å². The number of thioether (sulfide) groups is 1. The molecule has 1 N–H and O–H groups in total. The van der Waals surface area contributed by atoms with Crippen molar-refractivity contribution in [2.24, 2.45) is 0 Å². The van der Waals surface area contributed by atoms with Gasteiger partial charge >= 0.3 is 0 Å². The van der Waals surface area contributed by atoms with Gasteiger partial charge in [-0.3, -0.25) is 4.79 Å². The minimum Gasteiger partial charge on any atom is -0.307 e. The second-order valence-corrected chi connectivity index (χ2v) is 6.75. The number of rotatable bonds is 1. The summed E-state index contributed by atoms with van der Waals surface area (Å²) in [4.78, 5) is 12.2. The summed E-state index contributed by atoms with van der Waals surface area (Å²) in [6.07, 6.45) is 1.86. The van der Waals surface area contributed by atoms with E-state index in [9.17, 15) is 4.79 Å². The molecule has 1 fully saturated rings. The Kier molecular flexibility index (Phi) is 3.15. The fourth-order valence-electron chi connectivity index (χ4n) is 1.70. The molecular weight excluding hydrogens is 306 g/mol. The normalized spacial score (nSPS) is 17.7. The van der Waals surface area contributed by atoms with Crippen LogP contribution in [0.1, 0.15) is 5.56 Å². The topological polar surface area (TPSA) is 29.1 Å². The molecule has 1 aromatic heterocycles. The number of halogens is 1. The van der Waals surface area contributed by atoms with Gasteiger partial charge in [-0.15, -0.1) is 11.3 Å². The van der Waals surface area contributed by atoms with E-state index in [0.29, 0.717) is 14.2 Å². The van der Waals surface area contributed by atoms with Crippen LogP contribution in [0.2, 0.25) is 5.02 Å². The van der Waals surface area contributed by atoms with Crippen LogP contribution >= 0.6 is 46.9 Å². The number of hydrogen-bond donors (Lipinski definition) is 1. The Morgan fingerprint density at radius 3 is 2.94 bits per heavy atom. The van der Waals surface area contributed by atoms with Gasteiger partial charge in [-0.05, 0) is 35.2 Å². The summed E-state index contributed by atoms with van der Waals surface area (Å²) < 4.78 is 1.65. The zero-order valence-corrected chi connectivity index (χ0v) is 12.1. The molecule has 1 aromatic carbocycles. The number of benzene rings is 1. The summed E-state index contributed by atoms with van der Waals surface area (Å²) in [6.45, 7) is 0. The van der Waals surface area contributed by atoms with Gasteiger partial charge < -0.3 is 5.32 Å². The quantitative estimate of drug-likeness (QED) is 0.636. The van der Waals surface area contributed by atoms with Gasteiger partial charge in [0.25, 0.3) is 5.91 Å². The Morgan fingerprint density at radius 1 is 1.39 bits per heavy atom. The van der Waals surface area contributed by atoms with Gasteiger partial charge in [-0.25, -0.2) is 0 Å². The summed E-state index contributed by atoms with van der Waals surface area (Å²) in [5, 5.41) is 6.38. The van der Waals surface area contributed by atoms with Crippen LogP contribution in [0, 0.1) is 0 Å². The van der Waals surface area contributed by atoms with Crippen molar-refractivity contribution in [3.63, 3.8) is 0 Å². The molecule has 0 saturated carbocycles. The molecule has 6 heteroatoms. The third-order valence-electron chi connectivity index (χ3n) is 2.49. The molecule has 2 heterocycles. The molecule has 3 rings (SSSR count). The molecule has 18 heavy (non-hydrogen) atoms. The molecule has 2 aromatic rings. The van der Waals surface area contributed by atoms with Crippen molar-refractivity contribution in [3.8, 4) is 0 Å². The number of amides is 1. The van der Waals surface area contributed by atoms with Gasteiger partial charge in [0.15, 0.2) is 0 Å². The van der Waals surface area contributed by atoms with Crippen LogP contribution in [0.25, 0.3) is 16.2 Å². The lowest BCUT2D eigenvalue weighted by molar-refractivity contribution is -0.115. The SMILES string of the molecule is O=C1NC(=S)S/C1=C\c1csc2ccc(Cl)cc12. The first-order valence-corrected chi connectivity index (χ1v) is 7.53. The Hall–Kier alpha value is -0.880. The molecule has 1 saturated heterocycles. The molecule has 0 bridgehead atoms. The maximum atomic E-state index is 11.6. The zero-order chi connectivity index (χ0) is 12.7. The van der Waals surface area contributed by atoms with Crippen LogP contribution in [-0.2, 0) is 4.79 Å². The van der Waals surface area contributed by atoms with Crippen molar-refractivity contribution in [2.45, 2.75) is 0 Å². The number of thiophene rings is 1. The van der Waals surface area contributed by atoms with E-state index in [1.807, 2.05) is 29.7 Å². The predicted octanol–water partition coefficient (Wildman–Crippen LogP) is 4.04. The monoisotopic (exact) mass is 311 g/mol. The van der Waals surface area contributed by atoms with Gasteiger partial charge in [0.05, 0.1) is 4.91 Å². The minimum absolute atomic E-state index is 0.133. The molecule has 0 radical (unpaired) electrons. The highest BCUT2D eigenvalue weighted by Gasteiger charge is 2.22. The second-order valence-electron chi connectivity index (χ2n) is 3.68. The van der Waals surface area contributed by atoms with Crippen LogP contribution in [0.5, 0.6) is 0 Å². The van der Waals surface area contributed by atoms with Crippen LogP contribution in [-0.4, -0.2) is 10.2 Å². The molecule has 90 valence electrons. The maximum absolute atomic E-state index is 11.6. The average Bonchev–Trinajstić information content (AvgIpc) is 2.84. The van der Waals surface area contributed by atoms with Gasteiger partial charge in [-0.2, -0.15) is 0 Å². The van der Waals surface area contributed by atoms with Gasteiger partial charge in [0, 0.05) is 15.1 Å². The van der Waals surface area contributed by atoms with Crippen LogP contribution < -0.4 is 5.32 Å². The third-order valence-corrected chi connectivity index (χ3v) is 4.87. The second kappa shape index (κ2) is 4.66. The number of thiocarbonyl (C=S) groups is 1. The number of fused-ring (bicyclic) bond motifs is 1. The molecule has 1 aliphatic rings. The van der Waals surface area contributed by atoms with Gasteiger partial charge in [0.2, 0.25) is 0 Å². The molecule has 0 unspecified atom stereocenters. The van der Waals surface area contributed by atoms with E-state index >= 15 is 0 Å². The fourth-order valence-corrected chi connectivity index (χ4v) is 3.80. The average molecular weight is 312 g/mol. The summed E-state index contributed by atoms with van der Waals surface area (Å²) in [6, 6.07) is 5.76. The van der Waals surface area contributed by atoms with E-state index in [-0.39, 0.29) is 5.91 Å². The number of carbonyl (C=O) groups excluding carboxylic acids is 1. The highest BCUT2D eigenvalue weighted by atomic mass is 35.5. The first-order valence-electron chi connectivity index (χ1n) is 5.05. The summed E-state index contributed by atoms with van der Waals surface area (Å²) >= 11 is 13.9. The van der Waals surface area contributed by atoms with E-state index in [2.05, 4.69) is 5.32 Å². The Bertz CT molecular complexity index is 704. The summed E-state index contributed by atoms with van der Waals surface area (Å²) in [7, 11) is 0. The lowest BCUT2D eigenvalue weighted by Gasteiger charge is -1.95. The zero-order valence-electron chi connectivity index (χ0n) is 8.90. The summed E-state index contributed by atoms with van der Waals surface area (Å²) in [5.41, 5.74) is 1.000. The highest BCUT2D eigenvalue weighted by Crippen LogP contribution is 2.33. The van der Waals surface area contributed by atoms with E-state index < -0.39 is 0 Å². The van der Waals surface area contributed by atoms with Crippen molar-refractivity contribution >= 4 is 73.3 Å². The van der Waals surface area contributed by atoms with Gasteiger partial charge in [-0.1, -0.05) is 35.6 Å². The van der Waals surface area contributed by atoms with Crippen molar-refractivity contribution in [1.29, 1.82) is 0 Å². The smallest absolute Gasteiger partial charge is 0.263 e. The Labute approximate surface area is 122 Å². The predicted molar refractivity (Wildman–Crippen MR) is 83.1 cm³/mol. The standard InChI is InChI=1S/C12H6ClNOS3/c13-7-1-2-9-8(4-7)6(5-17-9)3-10-11(15)14-12(16)18-10/h1-5H,(H,14,15,16)/b10-3-. The van der Waals surface area contributed by atoms with E-state index in [1.165, 1.54) is 11.8 Å². The molecule has 1 aliphatic heterocycles. The molecule has 0 aliphatic carbocycles. The first kappa shape index (κ1) is 12.2. The molecular formula is C12H6ClNOS3. The van der Waals surface area contributed by atoms with Crippen LogP contribution in [0.3, 0.4) is 0 Å². The molecule has 0 spiro atoms. The Balaban J connectivity index is 2.10. The first-order chi connectivity index (χ1) is 8.63. The van der Waals surface area contributed by atoms with E-state index in [4.69, 9.17) is 23.8 Å². The Morgan fingerprint density at radius 2 is 2.22 bits per heavy atom. The van der Waals surface area contributed by atoms with Crippen molar-refractivity contribution in [3.05, 3.63) is 39.1 Å². The highest BCUT2D eigenvalue weighted by molar-refractivity contribution is 8.26. The minimum atomic E-state index is -0.133. The molecule has 0 atom stereocenters. The lowest BCUT2D eigenvalue weighted by Crippen LogP contribution is -2.17. The van der Waals surface area contributed by atoms with Crippen molar-refractivity contribution in [1.82, 2.24) is 5.32 Å². The lowest BCUT2D eigenvalue weighted by atomic mass is 10.1.